The van der Waals surface area contributed by atoms with Gasteiger partial charge in [-0.25, -0.2) is 0 Å². The molecule has 0 bridgehead atoms. The summed E-state index contributed by atoms with van der Waals surface area (Å²) in [6.07, 6.45) is -4.13. The molecule has 2 atom stereocenters. The maximum atomic E-state index is 11.7. The maximum Gasteiger partial charge on any atom is 0.403 e. The second-order valence-corrected chi connectivity index (χ2v) is 3.91. The van der Waals surface area contributed by atoms with Gasteiger partial charge in [-0.1, -0.05) is 22.6 Å². The van der Waals surface area contributed by atoms with Crippen molar-refractivity contribution in [3.05, 3.63) is 0 Å². The van der Waals surface area contributed by atoms with E-state index in [4.69, 9.17) is 0 Å². The molecule has 0 aliphatic carbocycles. The van der Waals surface area contributed by atoms with Gasteiger partial charge in [-0.05, 0) is 13.8 Å². The summed E-state index contributed by atoms with van der Waals surface area (Å²) in [5.41, 5.74) is 0. The van der Waals surface area contributed by atoms with Gasteiger partial charge in [0.15, 0.2) is 0 Å². The van der Waals surface area contributed by atoms with E-state index in [1.54, 1.807) is 6.92 Å². The number of hydrogen-bond acceptors (Lipinski definition) is 1. The zero-order chi connectivity index (χ0) is 8.36. The monoisotopic (exact) mass is 267 g/mol. The first kappa shape index (κ1) is 10.5. The van der Waals surface area contributed by atoms with Crippen LogP contribution in [0.4, 0.5) is 13.2 Å². The molecule has 0 amide bonds. The molecule has 62 valence electrons. The number of nitrogens with one attached hydrogen (secondary N) is 1. The predicted molar refractivity (Wildman–Crippen MR) is 42.1 cm³/mol. The first-order valence-corrected chi connectivity index (χ1v) is 4.05. The number of hydrogen-bond donors (Lipinski definition) is 1. The van der Waals surface area contributed by atoms with E-state index >= 15 is 0 Å². The van der Waals surface area contributed by atoms with Gasteiger partial charge in [0, 0.05) is 0 Å². The van der Waals surface area contributed by atoms with Gasteiger partial charge >= 0.3 is 6.18 Å². The molecule has 2 unspecified atom stereocenters. The molecular formula is C5H9F3IN. The van der Waals surface area contributed by atoms with Crippen LogP contribution in [0, 0.1) is 0 Å². The molecule has 0 spiro atoms. The maximum absolute atomic E-state index is 11.7. The SMILES string of the molecule is CC(I)NC(C)C(F)(F)F. The predicted octanol–water partition coefficient (Wildman–Crippen LogP) is 2.31. The van der Waals surface area contributed by atoms with Gasteiger partial charge in [-0.2, -0.15) is 13.2 Å². The van der Waals surface area contributed by atoms with Crippen molar-refractivity contribution in [3.63, 3.8) is 0 Å². The molecule has 0 aliphatic rings. The van der Waals surface area contributed by atoms with Crippen molar-refractivity contribution in [2.45, 2.75) is 30.1 Å². The standard InChI is InChI=1S/C5H9F3IN/c1-3(5(6,7)8)10-4(2)9/h3-4,10H,1-2H3. The van der Waals surface area contributed by atoms with Crippen LogP contribution in [0.15, 0.2) is 0 Å². The van der Waals surface area contributed by atoms with E-state index in [0.29, 0.717) is 0 Å². The topological polar surface area (TPSA) is 12.0 Å². The van der Waals surface area contributed by atoms with Crippen LogP contribution in [0.2, 0.25) is 0 Å². The molecule has 0 saturated heterocycles. The Hall–Kier alpha value is 0.480. The summed E-state index contributed by atoms with van der Waals surface area (Å²) in [7, 11) is 0. The molecule has 0 radical (unpaired) electrons. The van der Waals surface area contributed by atoms with Crippen molar-refractivity contribution in [1.82, 2.24) is 5.32 Å². The lowest BCUT2D eigenvalue weighted by molar-refractivity contribution is -0.151. The Kier molecular flexibility index (Phi) is 3.93. The summed E-state index contributed by atoms with van der Waals surface area (Å²) in [5, 5.41) is 2.34. The van der Waals surface area contributed by atoms with Gasteiger partial charge in [0.25, 0.3) is 0 Å². The second kappa shape index (κ2) is 3.75. The fourth-order valence-corrected chi connectivity index (χ4v) is 0.978. The minimum absolute atomic E-state index is 0.158. The molecule has 0 aromatic rings. The largest absolute Gasteiger partial charge is 0.403 e. The quantitative estimate of drug-likeness (QED) is 0.460. The zero-order valence-electron chi connectivity index (χ0n) is 5.67. The van der Waals surface area contributed by atoms with Crippen LogP contribution in [0.25, 0.3) is 0 Å². The van der Waals surface area contributed by atoms with Crippen molar-refractivity contribution >= 4 is 22.6 Å². The van der Waals surface area contributed by atoms with Gasteiger partial charge in [0.05, 0.1) is 4.05 Å². The summed E-state index contributed by atoms with van der Waals surface area (Å²) in [6.45, 7) is 2.78. The average molecular weight is 267 g/mol. The third kappa shape index (κ3) is 4.32. The minimum atomic E-state index is -4.13. The molecule has 5 heteroatoms. The third-order valence-corrected chi connectivity index (χ3v) is 1.33. The number of halogens is 4. The Bertz CT molecular complexity index is 102. The molecule has 0 saturated carbocycles. The second-order valence-electron chi connectivity index (χ2n) is 2.05. The fraction of sp³-hybridized carbons (Fsp3) is 1.00. The molecule has 0 fully saturated rings. The van der Waals surface area contributed by atoms with Crippen molar-refractivity contribution in [2.75, 3.05) is 0 Å². The van der Waals surface area contributed by atoms with Gasteiger partial charge in [0.1, 0.15) is 6.04 Å². The molecule has 1 nitrogen and oxygen atoms in total. The highest BCUT2D eigenvalue weighted by atomic mass is 127. The van der Waals surface area contributed by atoms with Crippen molar-refractivity contribution in [2.24, 2.45) is 0 Å². The Morgan fingerprint density at radius 2 is 1.70 bits per heavy atom. The lowest BCUT2D eigenvalue weighted by Gasteiger charge is -2.18. The van der Waals surface area contributed by atoms with Crippen LogP contribution < -0.4 is 5.32 Å². The van der Waals surface area contributed by atoms with Crippen LogP contribution in [-0.4, -0.2) is 16.3 Å². The van der Waals surface area contributed by atoms with Crippen LogP contribution in [0.3, 0.4) is 0 Å². The Morgan fingerprint density at radius 1 is 1.30 bits per heavy atom. The lowest BCUT2D eigenvalue weighted by Crippen LogP contribution is -2.42. The van der Waals surface area contributed by atoms with E-state index < -0.39 is 12.2 Å². The first-order chi connectivity index (χ1) is 4.34. The number of alkyl halides is 4. The summed E-state index contributed by atoms with van der Waals surface area (Å²) in [5.74, 6) is 0. The zero-order valence-corrected chi connectivity index (χ0v) is 7.82. The Balaban J connectivity index is 3.73. The highest BCUT2D eigenvalue weighted by Crippen LogP contribution is 2.20. The molecule has 0 aromatic heterocycles. The normalized spacial score (nSPS) is 18.6. The minimum Gasteiger partial charge on any atom is -0.295 e. The molecule has 0 heterocycles. The fourth-order valence-electron chi connectivity index (χ4n) is 0.439. The van der Waals surface area contributed by atoms with Crippen molar-refractivity contribution < 1.29 is 13.2 Å². The molecule has 0 rings (SSSR count). The molecule has 0 aliphatic heterocycles. The van der Waals surface area contributed by atoms with E-state index in [-0.39, 0.29) is 4.05 Å². The smallest absolute Gasteiger partial charge is 0.295 e. The first-order valence-electron chi connectivity index (χ1n) is 2.81. The third-order valence-electron chi connectivity index (χ3n) is 0.971. The average Bonchev–Trinajstić information content (AvgIpc) is 1.60. The summed E-state index contributed by atoms with van der Waals surface area (Å²) < 4.78 is 35.1. The van der Waals surface area contributed by atoms with Gasteiger partial charge in [-0.3, -0.25) is 5.32 Å². The van der Waals surface area contributed by atoms with Crippen LogP contribution in [0.5, 0.6) is 0 Å². The van der Waals surface area contributed by atoms with E-state index in [1.165, 1.54) is 0 Å². The Labute approximate surface area is 71.5 Å². The molecule has 10 heavy (non-hydrogen) atoms. The van der Waals surface area contributed by atoms with Gasteiger partial charge < -0.3 is 0 Å². The van der Waals surface area contributed by atoms with E-state index in [0.717, 1.165) is 6.92 Å². The van der Waals surface area contributed by atoms with Gasteiger partial charge in [0.2, 0.25) is 0 Å². The van der Waals surface area contributed by atoms with E-state index in [9.17, 15) is 13.2 Å². The van der Waals surface area contributed by atoms with E-state index in [2.05, 4.69) is 5.32 Å². The van der Waals surface area contributed by atoms with Crippen LogP contribution in [0.1, 0.15) is 13.8 Å². The van der Waals surface area contributed by atoms with Crippen LogP contribution >= 0.6 is 22.6 Å². The summed E-state index contributed by atoms with van der Waals surface area (Å²) in [6, 6.07) is -1.42. The van der Waals surface area contributed by atoms with Gasteiger partial charge in [-0.15, -0.1) is 0 Å². The summed E-state index contributed by atoms with van der Waals surface area (Å²) in [4.78, 5) is 0. The number of rotatable bonds is 2. The van der Waals surface area contributed by atoms with Crippen molar-refractivity contribution in [1.29, 1.82) is 0 Å². The highest BCUT2D eigenvalue weighted by molar-refractivity contribution is 14.1. The molecular weight excluding hydrogens is 258 g/mol. The van der Waals surface area contributed by atoms with Crippen LogP contribution in [-0.2, 0) is 0 Å². The lowest BCUT2D eigenvalue weighted by atomic mass is 10.3. The van der Waals surface area contributed by atoms with E-state index in [1.807, 2.05) is 22.6 Å². The highest BCUT2D eigenvalue weighted by Gasteiger charge is 2.35. The molecule has 0 aromatic carbocycles. The molecule has 1 N–H and O–H groups in total. The Morgan fingerprint density at radius 3 is 1.80 bits per heavy atom. The van der Waals surface area contributed by atoms with Crippen molar-refractivity contribution in [3.8, 4) is 0 Å². The summed E-state index contributed by atoms with van der Waals surface area (Å²) >= 11 is 1.89.